The van der Waals surface area contributed by atoms with Crippen molar-refractivity contribution >= 4 is 12.2 Å². The Morgan fingerprint density at radius 1 is 0.773 bits per heavy atom. The van der Waals surface area contributed by atoms with Crippen LogP contribution < -0.4 is 0 Å². The molecule has 0 saturated carbocycles. The predicted octanol–water partition coefficient (Wildman–Crippen LogP) is 3.25. The van der Waals surface area contributed by atoms with Gasteiger partial charge in [-0.15, -0.1) is 0 Å². The van der Waals surface area contributed by atoms with E-state index in [4.69, 9.17) is 9.47 Å². The fraction of sp³-hybridized carbons (Fsp3) is 0.875. The van der Waals surface area contributed by atoms with Crippen LogP contribution in [0.4, 0.5) is 9.59 Å². The smallest absolute Gasteiger partial charge is 0.410 e. The highest BCUT2D eigenvalue weighted by Crippen LogP contribution is 2.22. The second-order valence-corrected chi connectivity index (χ2v) is 7.83. The summed E-state index contributed by atoms with van der Waals surface area (Å²) in [5.41, 5.74) is -1.05. The number of carbonyl (C=O) groups is 2. The van der Waals surface area contributed by atoms with Gasteiger partial charge in [0.1, 0.15) is 11.2 Å². The van der Waals surface area contributed by atoms with Crippen molar-refractivity contribution in [3.8, 4) is 0 Å². The van der Waals surface area contributed by atoms with Crippen LogP contribution in [0.2, 0.25) is 0 Å². The topological polar surface area (TPSA) is 59.1 Å². The third-order valence-corrected chi connectivity index (χ3v) is 3.52. The Hall–Kier alpha value is -1.46. The van der Waals surface area contributed by atoms with Crippen LogP contribution >= 0.6 is 0 Å². The van der Waals surface area contributed by atoms with Crippen molar-refractivity contribution in [2.75, 3.05) is 13.1 Å². The third-order valence-electron chi connectivity index (χ3n) is 3.52. The van der Waals surface area contributed by atoms with E-state index < -0.39 is 11.2 Å². The summed E-state index contributed by atoms with van der Waals surface area (Å²) >= 11 is 0. The van der Waals surface area contributed by atoms with E-state index in [0.717, 1.165) is 0 Å². The van der Waals surface area contributed by atoms with Crippen LogP contribution in [0.1, 0.15) is 55.4 Å². The first-order valence-corrected chi connectivity index (χ1v) is 7.81. The zero-order valence-corrected chi connectivity index (χ0v) is 15.1. The number of hydrogen-bond donors (Lipinski definition) is 0. The first-order valence-electron chi connectivity index (χ1n) is 7.81. The largest absolute Gasteiger partial charge is 0.444 e. The highest BCUT2D eigenvalue weighted by Gasteiger charge is 2.38. The van der Waals surface area contributed by atoms with E-state index in [9.17, 15) is 9.59 Å². The molecule has 2 amide bonds. The molecule has 2 atom stereocenters. The minimum absolute atomic E-state index is 0.129. The number of nitrogens with zero attached hydrogens (tertiary/aromatic N) is 2. The quantitative estimate of drug-likeness (QED) is 0.688. The Labute approximate surface area is 133 Å². The highest BCUT2D eigenvalue weighted by molar-refractivity contribution is 5.71. The Morgan fingerprint density at radius 2 is 1.05 bits per heavy atom. The molecule has 6 nitrogen and oxygen atoms in total. The van der Waals surface area contributed by atoms with Crippen molar-refractivity contribution in [2.45, 2.75) is 78.7 Å². The Morgan fingerprint density at radius 3 is 1.27 bits per heavy atom. The minimum Gasteiger partial charge on any atom is -0.444 e. The number of rotatable bonds is 0. The van der Waals surface area contributed by atoms with Crippen LogP contribution in [-0.4, -0.2) is 58.4 Å². The van der Waals surface area contributed by atoms with Crippen LogP contribution in [0.25, 0.3) is 0 Å². The highest BCUT2D eigenvalue weighted by atomic mass is 16.6. The molecule has 1 aliphatic rings. The maximum atomic E-state index is 12.2. The molecule has 0 aromatic carbocycles. The maximum absolute atomic E-state index is 12.2. The summed E-state index contributed by atoms with van der Waals surface area (Å²) in [6.45, 7) is 15.8. The summed E-state index contributed by atoms with van der Waals surface area (Å²) in [4.78, 5) is 27.8. The van der Waals surface area contributed by atoms with Crippen molar-refractivity contribution in [3.05, 3.63) is 0 Å². The lowest BCUT2D eigenvalue weighted by Gasteiger charge is -2.44. The van der Waals surface area contributed by atoms with Crippen molar-refractivity contribution in [3.63, 3.8) is 0 Å². The van der Waals surface area contributed by atoms with E-state index in [1.807, 2.05) is 55.4 Å². The molecule has 1 rings (SSSR count). The molecular formula is C16H30N2O4. The molecule has 0 aliphatic carbocycles. The number of ether oxygens (including phenoxy) is 2. The molecule has 1 saturated heterocycles. The molecule has 0 unspecified atom stereocenters. The van der Waals surface area contributed by atoms with E-state index in [2.05, 4.69) is 0 Å². The lowest BCUT2D eigenvalue weighted by molar-refractivity contribution is -0.0274. The van der Waals surface area contributed by atoms with Gasteiger partial charge in [0.15, 0.2) is 0 Å². The van der Waals surface area contributed by atoms with E-state index in [0.29, 0.717) is 13.1 Å². The number of hydrogen-bond acceptors (Lipinski definition) is 4. The fourth-order valence-corrected chi connectivity index (χ4v) is 2.30. The van der Waals surface area contributed by atoms with Gasteiger partial charge in [0.2, 0.25) is 0 Å². The summed E-state index contributed by atoms with van der Waals surface area (Å²) in [5.74, 6) is 0. The predicted molar refractivity (Wildman–Crippen MR) is 84.8 cm³/mol. The molecule has 0 N–H and O–H groups in total. The van der Waals surface area contributed by atoms with Crippen LogP contribution in [0.15, 0.2) is 0 Å². The van der Waals surface area contributed by atoms with Crippen LogP contribution in [0.5, 0.6) is 0 Å². The summed E-state index contributed by atoms with van der Waals surface area (Å²) in [5, 5.41) is 0. The molecular weight excluding hydrogens is 284 g/mol. The molecule has 0 spiro atoms. The second kappa shape index (κ2) is 6.34. The van der Waals surface area contributed by atoms with Gasteiger partial charge in [-0.2, -0.15) is 0 Å². The Kier molecular flexibility index (Phi) is 5.36. The normalized spacial score (nSPS) is 23.3. The molecule has 1 fully saturated rings. The van der Waals surface area contributed by atoms with Gasteiger partial charge in [0, 0.05) is 13.1 Å². The standard InChI is InChI=1S/C16H30N2O4/c1-11-12(2)18(14(20)22-16(6,7)8)10-9-17(11)13(19)21-15(3,4)5/h11-12H,9-10H2,1-8H3/t11-,12-/m0/s1. The number of piperazine rings is 1. The van der Waals surface area contributed by atoms with Crippen LogP contribution in [-0.2, 0) is 9.47 Å². The lowest BCUT2D eigenvalue weighted by Crippen LogP contribution is -2.61. The molecule has 6 heteroatoms. The number of carbonyl (C=O) groups excluding carboxylic acids is 2. The van der Waals surface area contributed by atoms with Gasteiger partial charge in [0.05, 0.1) is 12.1 Å². The first kappa shape index (κ1) is 18.6. The average Bonchev–Trinajstić information content (AvgIpc) is 2.27. The Bertz CT molecular complexity index is 383. The van der Waals surface area contributed by atoms with Gasteiger partial charge in [-0.1, -0.05) is 0 Å². The molecule has 1 heterocycles. The summed E-state index contributed by atoms with van der Waals surface area (Å²) < 4.78 is 10.8. The molecule has 0 radical (unpaired) electrons. The lowest BCUT2D eigenvalue weighted by atomic mass is 10.1. The molecule has 0 aromatic heterocycles. The van der Waals surface area contributed by atoms with Gasteiger partial charge >= 0.3 is 12.2 Å². The molecule has 0 aromatic rings. The zero-order valence-electron chi connectivity index (χ0n) is 15.1. The van der Waals surface area contributed by atoms with E-state index >= 15 is 0 Å². The van der Waals surface area contributed by atoms with Gasteiger partial charge in [-0.3, -0.25) is 0 Å². The van der Waals surface area contributed by atoms with E-state index in [-0.39, 0.29) is 24.3 Å². The zero-order chi connectivity index (χ0) is 17.3. The molecule has 0 bridgehead atoms. The summed E-state index contributed by atoms with van der Waals surface area (Å²) in [6.07, 6.45) is -0.675. The van der Waals surface area contributed by atoms with Gasteiger partial charge < -0.3 is 19.3 Å². The van der Waals surface area contributed by atoms with Crippen molar-refractivity contribution in [1.29, 1.82) is 0 Å². The number of amides is 2. The summed E-state index contributed by atoms with van der Waals surface area (Å²) in [7, 11) is 0. The van der Waals surface area contributed by atoms with Crippen molar-refractivity contribution in [2.24, 2.45) is 0 Å². The second-order valence-electron chi connectivity index (χ2n) is 7.83. The van der Waals surface area contributed by atoms with Crippen molar-refractivity contribution in [1.82, 2.24) is 9.80 Å². The molecule has 22 heavy (non-hydrogen) atoms. The van der Waals surface area contributed by atoms with Gasteiger partial charge in [-0.25, -0.2) is 9.59 Å². The maximum Gasteiger partial charge on any atom is 0.410 e. The minimum atomic E-state index is -0.525. The molecule has 1 aliphatic heterocycles. The van der Waals surface area contributed by atoms with Gasteiger partial charge in [0.25, 0.3) is 0 Å². The monoisotopic (exact) mass is 314 g/mol. The summed E-state index contributed by atoms with van der Waals surface area (Å²) in [6, 6.07) is -0.257. The first-order chi connectivity index (χ1) is 9.82. The van der Waals surface area contributed by atoms with E-state index in [1.54, 1.807) is 9.80 Å². The fourth-order valence-electron chi connectivity index (χ4n) is 2.30. The Balaban J connectivity index is 2.73. The van der Waals surface area contributed by atoms with Gasteiger partial charge in [-0.05, 0) is 55.4 Å². The molecule has 128 valence electrons. The van der Waals surface area contributed by atoms with Crippen LogP contribution in [0.3, 0.4) is 0 Å². The SMILES string of the molecule is C[C@H]1[C@H](C)N(C(=O)OC(C)(C)C)CCN1C(=O)OC(C)(C)C. The van der Waals surface area contributed by atoms with Crippen molar-refractivity contribution < 1.29 is 19.1 Å². The average molecular weight is 314 g/mol. The third kappa shape index (κ3) is 5.07. The van der Waals surface area contributed by atoms with E-state index in [1.165, 1.54) is 0 Å². The van der Waals surface area contributed by atoms with Crippen LogP contribution in [0, 0.1) is 0 Å².